The maximum atomic E-state index is 5.48. The van der Waals surface area contributed by atoms with E-state index in [1.807, 2.05) is 43.3 Å². The lowest BCUT2D eigenvalue weighted by Crippen LogP contribution is -2.04. The molecular formula is C27H28N4O2S. The fourth-order valence-corrected chi connectivity index (χ4v) is 5.00. The van der Waals surface area contributed by atoms with E-state index < -0.39 is 0 Å². The molecule has 2 aromatic carbocycles. The zero-order chi connectivity index (χ0) is 23.2. The van der Waals surface area contributed by atoms with Crippen LogP contribution in [0.5, 0.6) is 5.75 Å². The predicted octanol–water partition coefficient (Wildman–Crippen LogP) is 6.93. The molecule has 5 rings (SSSR count). The molecule has 0 aliphatic heterocycles. The minimum Gasteiger partial charge on any atom is -0.494 e. The number of aromatic nitrogens is 4. The molecule has 1 aliphatic carbocycles. The van der Waals surface area contributed by atoms with Crippen LogP contribution in [0.15, 0.2) is 70.2 Å². The minimum absolute atomic E-state index is 0.536. The van der Waals surface area contributed by atoms with Crippen molar-refractivity contribution in [3.05, 3.63) is 72.1 Å². The van der Waals surface area contributed by atoms with Crippen LogP contribution in [0.4, 0.5) is 0 Å². The van der Waals surface area contributed by atoms with Crippen molar-refractivity contribution in [2.75, 3.05) is 6.61 Å². The highest BCUT2D eigenvalue weighted by Crippen LogP contribution is 2.33. The lowest BCUT2D eigenvalue weighted by atomic mass is 9.84. The molecule has 0 atom stereocenters. The van der Waals surface area contributed by atoms with Gasteiger partial charge in [0.2, 0.25) is 11.7 Å². The monoisotopic (exact) mass is 472 g/mol. The summed E-state index contributed by atoms with van der Waals surface area (Å²) in [6.45, 7) is 2.60. The molecule has 4 aromatic rings. The smallest absolute Gasteiger partial charge is 0.237 e. The van der Waals surface area contributed by atoms with Gasteiger partial charge < -0.3 is 9.26 Å². The maximum absolute atomic E-state index is 5.48. The van der Waals surface area contributed by atoms with Crippen LogP contribution in [0.1, 0.15) is 56.4 Å². The first kappa shape index (κ1) is 22.6. The molecule has 0 radical (unpaired) electrons. The molecule has 0 amide bonds. The summed E-state index contributed by atoms with van der Waals surface area (Å²) in [6, 6.07) is 20.5. The fourth-order valence-electron chi connectivity index (χ4n) is 4.35. The normalized spacial score (nSPS) is 14.3. The van der Waals surface area contributed by atoms with Crippen LogP contribution in [-0.2, 0) is 5.75 Å². The van der Waals surface area contributed by atoms with Crippen molar-refractivity contribution < 1.29 is 9.26 Å². The summed E-state index contributed by atoms with van der Waals surface area (Å²) >= 11 is 1.53. The average Bonchev–Trinajstić information content (AvgIpc) is 3.38. The molecule has 34 heavy (non-hydrogen) atoms. The first-order valence-electron chi connectivity index (χ1n) is 11.9. The van der Waals surface area contributed by atoms with Crippen LogP contribution in [-0.4, -0.2) is 26.9 Å². The standard InChI is InChI=1S/C27H28N4O2S/c1-2-32-23-14-12-22(13-15-23)27-28-25(33-31-27)18-34-26-17-16-24(29-30-26)21-10-8-20(9-11-21)19-6-4-3-5-7-19/h8-17,19H,2-7,18H2,1H3. The zero-order valence-electron chi connectivity index (χ0n) is 19.3. The van der Waals surface area contributed by atoms with Crippen LogP contribution in [0, 0.1) is 0 Å². The van der Waals surface area contributed by atoms with Crippen molar-refractivity contribution in [3.8, 4) is 28.4 Å². The Kier molecular flexibility index (Phi) is 7.19. The number of rotatable bonds is 8. The summed E-state index contributed by atoms with van der Waals surface area (Å²) in [5.41, 5.74) is 4.32. The van der Waals surface area contributed by atoms with E-state index in [2.05, 4.69) is 44.6 Å². The quantitative estimate of drug-likeness (QED) is 0.257. The second-order valence-corrected chi connectivity index (χ2v) is 9.47. The van der Waals surface area contributed by atoms with E-state index in [9.17, 15) is 0 Å². The highest BCUT2D eigenvalue weighted by atomic mass is 32.2. The van der Waals surface area contributed by atoms with Crippen LogP contribution in [0.2, 0.25) is 0 Å². The Bertz CT molecular complexity index is 1180. The Morgan fingerprint density at radius 3 is 2.35 bits per heavy atom. The molecule has 0 spiro atoms. The van der Waals surface area contributed by atoms with E-state index in [0.717, 1.165) is 27.6 Å². The van der Waals surface area contributed by atoms with Gasteiger partial charge >= 0.3 is 0 Å². The second kappa shape index (κ2) is 10.8. The Morgan fingerprint density at radius 1 is 0.882 bits per heavy atom. The number of thioether (sulfide) groups is 1. The molecule has 1 fully saturated rings. The zero-order valence-corrected chi connectivity index (χ0v) is 20.1. The molecule has 7 heteroatoms. The molecule has 2 heterocycles. The predicted molar refractivity (Wildman–Crippen MR) is 134 cm³/mol. The van der Waals surface area contributed by atoms with E-state index in [4.69, 9.17) is 9.26 Å². The Morgan fingerprint density at radius 2 is 1.65 bits per heavy atom. The third-order valence-corrected chi connectivity index (χ3v) is 7.06. The first-order chi connectivity index (χ1) is 16.8. The number of nitrogens with zero attached hydrogens (tertiary/aromatic N) is 4. The summed E-state index contributed by atoms with van der Waals surface area (Å²) in [5.74, 6) is 3.20. The minimum atomic E-state index is 0.536. The summed E-state index contributed by atoms with van der Waals surface area (Å²) in [4.78, 5) is 4.50. The van der Waals surface area contributed by atoms with Gasteiger partial charge in [-0.1, -0.05) is 60.4 Å². The van der Waals surface area contributed by atoms with Gasteiger partial charge in [0.1, 0.15) is 10.8 Å². The van der Waals surface area contributed by atoms with E-state index >= 15 is 0 Å². The number of hydrogen-bond donors (Lipinski definition) is 0. The second-order valence-electron chi connectivity index (χ2n) is 8.47. The SMILES string of the molecule is CCOc1ccc(-c2noc(CSc3ccc(-c4ccc(C5CCCCC5)cc4)nn3)n2)cc1. The number of benzene rings is 2. The van der Waals surface area contributed by atoms with Gasteiger partial charge in [-0.3, -0.25) is 0 Å². The molecule has 0 bridgehead atoms. The van der Waals surface area contributed by atoms with Crippen LogP contribution in [0.25, 0.3) is 22.6 Å². The molecule has 0 saturated heterocycles. The molecular weight excluding hydrogens is 444 g/mol. The Hall–Kier alpha value is -3.19. The van der Waals surface area contributed by atoms with Gasteiger partial charge in [-0.2, -0.15) is 4.98 Å². The average molecular weight is 473 g/mol. The molecule has 1 aliphatic rings. The van der Waals surface area contributed by atoms with Crippen molar-refractivity contribution in [1.29, 1.82) is 0 Å². The van der Waals surface area contributed by atoms with Crippen molar-refractivity contribution in [2.24, 2.45) is 0 Å². The molecule has 1 saturated carbocycles. The lowest BCUT2D eigenvalue weighted by molar-refractivity contribution is 0.340. The van der Waals surface area contributed by atoms with Gasteiger partial charge in [0.25, 0.3) is 0 Å². The van der Waals surface area contributed by atoms with E-state index in [0.29, 0.717) is 30.0 Å². The third-order valence-electron chi connectivity index (χ3n) is 6.16. The van der Waals surface area contributed by atoms with Gasteiger partial charge in [0.05, 0.1) is 18.1 Å². The largest absolute Gasteiger partial charge is 0.494 e. The number of hydrogen-bond acceptors (Lipinski definition) is 7. The highest BCUT2D eigenvalue weighted by Gasteiger charge is 2.15. The summed E-state index contributed by atoms with van der Waals surface area (Å²) in [6.07, 6.45) is 6.71. The van der Waals surface area contributed by atoms with E-state index in [1.165, 1.54) is 49.4 Å². The van der Waals surface area contributed by atoms with Gasteiger partial charge in [-0.15, -0.1) is 10.2 Å². The van der Waals surface area contributed by atoms with Crippen molar-refractivity contribution >= 4 is 11.8 Å². The summed E-state index contributed by atoms with van der Waals surface area (Å²) in [7, 11) is 0. The first-order valence-corrected chi connectivity index (χ1v) is 12.9. The van der Waals surface area contributed by atoms with Gasteiger partial charge in [-0.05, 0) is 67.6 Å². The van der Waals surface area contributed by atoms with Crippen molar-refractivity contribution in [2.45, 2.75) is 55.7 Å². The van der Waals surface area contributed by atoms with Gasteiger partial charge in [-0.25, -0.2) is 0 Å². The molecule has 2 aromatic heterocycles. The summed E-state index contributed by atoms with van der Waals surface area (Å²) < 4.78 is 10.9. The molecule has 0 N–H and O–H groups in total. The van der Waals surface area contributed by atoms with Crippen LogP contribution < -0.4 is 4.74 Å². The maximum Gasteiger partial charge on any atom is 0.237 e. The topological polar surface area (TPSA) is 73.9 Å². The summed E-state index contributed by atoms with van der Waals surface area (Å²) in [5, 5.41) is 13.7. The van der Waals surface area contributed by atoms with Crippen LogP contribution >= 0.6 is 11.8 Å². The molecule has 0 unspecified atom stereocenters. The molecule has 6 nitrogen and oxygen atoms in total. The lowest BCUT2D eigenvalue weighted by Gasteiger charge is -2.22. The number of ether oxygens (including phenoxy) is 1. The third kappa shape index (κ3) is 5.47. The van der Waals surface area contributed by atoms with Gasteiger partial charge in [0, 0.05) is 11.1 Å². The fraction of sp³-hybridized carbons (Fsp3) is 0.333. The van der Waals surface area contributed by atoms with E-state index in [-0.39, 0.29) is 0 Å². The Labute approximate surface area is 204 Å². The highest BCUT2D eigenvalue weighted by molar-refractivity contribution is 7.98. The van der Waals surface area contributed by atoms with Crippen molar-refractivity contribution in [1.82, 2.24) is 20.3 Å². The van der Waals surface area contributed by atoms with Crippen LogP contribution in [0.3, 0.4) is 0 Å². The molecule has 174 valence electrons. The van der Waals surface area contributed by atoms with E-state index in [1.54, 1.807) is 0 Å². The van der Waals surface area contributed by atoms with Crippen molar-refractivity contribution in [3.63, 3.8) is 0 Å². The van der Waals surface area contributed by atoms with Gasteiger partial charge in [0.15, 0.2) is 0 Å². The Balaban J connectivity index is 1.17.